The van der Waals surface area contributed by atoms with Crippen LogP contribution < -0.4 is 9.47 Å². The highest BCUT2D eigenvalue weighted by molar-refractivity contribution is 6.34. The molecule has 0 bridgehead atoms. The summed E-state index contributed by atoms with van der Waals surface area (Å²) in [5.74, 6) is 0.589. The quantitative estimate of drug-likeness (QED) is 0.194. The number of carbonyl (C=O) groups is 1. The van der Waals surface area contributed by atoms with Crippen molar-refractivity contribution in [3.8, 4) is 23.0 Å². The molecule has 1 N–H and O–H groups in total. The first-order valence-electron chi connectivity index (χ1n) is 12.7. The van der Waals surface area contributed by atoms with E-state index in [1.165, 1.54) is 6.33 Å². The number of halogens is 2. The van der Waals surface area contributed by atoms with Gasteiger partial charge in [0.2, 0.25) is 5.88 Å². The van der Waals surface area contributed by atoms with Crippen molar-refractivity contribution >= 4 is 40.3 Å². The Bertz CT molecular complexity index is 1490. The van der Waals surface area contributed by atoms with E-state index in [1.54, 1.807) is 6.07 Å². The van der Waals surface area contributed by atoms with Crippen molar-refractivity contribution < 1.29 is 24.1 Å². The van der Waals surface area contributed by atoms with Gasteiger partial charge in [-0.2, -0.15) is 4.98 Å². The number of hydrogen-bond acceptors (Lipinski definition) is 7. The normalized spacial score (nSPS) is 13.9. The minimum atomic E-state index is -0.984. The number of imidazole rings is 1. The molecular formula is C28H28Cl2N4O5. The van der Waals surface area contributed by atoms with E-state index in [2.05, 4.69) is 16.9 Å². The second-order valence-corrected chi connectivity index (χ2v) is 10.5. The number of unbranched alkanes of at least 4 members (excludes halogenated alkanes) is 1. The maximum absolute atomic E-state index is 10.5. The van der Waals surface area contributed by atoms with E-state index in [-0.39, 0.29) is 12.2 Å². The summed E-state index contributed by atoms with van der Waals surface area (Å²) in [6.07, 6.45) is 4.77. The second kappa shape index (κ2) is 11.8. The highest BCUT2D eigenvalue weighted by atomic mass is 35.5. The summed E-state index contributed by atoms with van der Waals surface area (Å²) in [5.41, 5.74) is 2.62. The lowest BCUT2D eigenvalue weighted by Crippen LogP contribution is -2.13. The Balaban J connectivity index is 1.44. The van der Waals surface area contributed by atoms with E-state index in [9.17, 15) is 4.79 Å². The SMILES string of the molecule is CC1(Oc2ncnc3c2nc(-c2cccc(OCCCCOCC(=O)O)c2Cl)n3Cc2cccc(Cl)c2)CC1. The molecule has 0 unspecified atom stereocenters. The van der Waals surface area contributed by atoms with Gasteiger partial charge in [0.25, 0.3) is 0 Å². The largest absolute Gasteiger partial charge is 0.492 e. The van der Waals surface area contributed by atoms with Crippen LogP contribution >= 0.6 is 23.2 Å². The van der Waals surface area contributed by atoms with Gasteiger partial charge in [-0.25, -0.2) is 14.8 Å². The number of ether oxygens (including phenoxy) is 3. The van der Waals surface area contributed by atoms with E-state index >= 15 is 0 Å². The van der Waals surface area contributed by atoms with E-state index < -0.39 is 5.97 Å². The molecule has 204 valence electrons. The minimum absolute atomic E-state index is 0.234. The maximum atomic E-state index is 10.5. The van der Waals surface area contributed by atoms with Crippen LogP contribution in [0.1, 0.15) is 38.2 Å². The molecule has 4 aromatic rings. The number of carboxylic acids is 1. The first-order valence-corrected chi connectivity index (χ1v) is 13.4. The number of aromatic nitrogens is 4. The van der Waals surface area contributed by atoms with Gasteiger partial charge in [0.05, 0.1) is 18.2 Å². The monoisotopic (exact) mass is 570 g/mol. The van der Waals surface area contributed by atoms with Gasteiger partial charge in [0.15, 0.2) is 11.2 Å². The molecule has 0 amide bonds. The number of aliphatic carboxylic acids is 1. The molecule has 2 heterocycles. The van der Waals surface area contributed by atoms with Crippen molar-refractivity contribution in [1.29, 1.82) is 0 Å². The third kappa shape index (κ3) is 6.61. The Morgan fingerprint density at radius 3 is 2.67 bits per heavy atom. The smallest absolute Gasteiger partial charge is 0.329 e. The van der Waals surface area contributed by atoms with Gasteiger partial charge in [-0.05, 0) is 62.4 Å². The molecular weight excluding hydrogens is 543 g/mol. The topological polar surface area (TPSA) is 109 Å². The number of nitrogens with zero attached hydrogens (tertiary/aromatic N) is 4. The lowest BCUT2D eigenvalue weighted by molar-refractivity contribution is -0.142. The molecule has 0 radical (unpaired) electrons. The average molecular weight is 571 g/mol. The van der Waals surface area contributed by atoms with Crippen LogP contribution in [0.2, 0.25) is 10.0 Å². The van der Waals surface area contributed by atoms with Crippen LogP contribution in [0.5, 0.6) is 11.6 Å². The van der Waals surface area contributed by atoms with Crippen LogP contribution in [0.4, 0.5) is 0 Å². The van der Waals surface area contributed by atoms with Crippen LogP contribution in [0, 0.1) is 0 Å². The van der Waals surface area contributed by atoms with Gasteiger partial charge in [-0.15, -0.1) is 0 Å². The van der Waals surface area contributed by atoms with Crippen LogP contribution in [-0.4, -0.2) is 56.0 Å². The van der Waals surface area contributed by atoms with Gasteiger partial charge in [0.1, 0.15) is 30.1 Å². The fourth-order valence-corrected chi connectivity index (χ4v) is 4.60. The molecule has 0 spiro atoms. The van der Waals surface area contributed by atoms with Crippen molar-refractivity contribution in [2.45, 2.75) is 44.8 Å². The molecule has 0 aliphatic heterocycles. The van der Waals surface area contributed by atoms with E-state index in [4.69, 9.17) is 47.5 Å². The first-order chi connectivity index (χ1) is 18.8. The van der Waals surface area contributed by atoms with Crippen LogP contribution in [0.3, 0.4) is 0 Å². The molecule has 0 atom stereocenters. The minimum Gasteiger partial charge on any atom is -0.492 e. The molecule has 9 nitrogen and oxygen atoms in total. The summed E-state index contributed by atoms with van der Waals surface area (Å²) < 4.78 is 19.2. The summed E-state index contributed by atoms with van der Waals surface area (Å²) in [4.78, 5) is 24.4. The molecule has 11 heteroatoms. The van der Waals surface area contributed by atoms with E-state index in [1.807, 2.05) is 41.0 Å². The van der Waals surface area contributed by atoms with Crippen LogP contribution in [-0.2, 0) is 16.1 Å². The fourth-order valence-electron chi connectivity index (χ4n) is 4.12. The number of rotatable bonds is 13. The van der Waals surface area contributed by atoms with Crippen LogP contribution in [0.15, 0.2) is 48.8 Å². The van der Waals surface area contributed by atoms with Crippen molar-refractivity contribution in [3.63, 3.8) is 0 Å². The highest BCUT2D eigenvalue weighted by Gasteiger charge is 2.41. The summed E-state index contributed by atoms with van der Waals surface area (Å²) >= 11 is 13.1. The Morgan fingerprint density at radius 1 is 1.10 bits per heavy atom. The summed E-state index contributed by atoms with van der Waals surface area (Å²) in [7, 11) is 0. The zero-order valence-electron chi connectivity index (χ0n) is 21.4. The van der Waals surface area contributed by atoms with Gasteiger partial charge in [-0.1, -0.05) is 41.4 Å². The van der Waals surface area contributed by atoms with Gasteiger partial charge in [0, 0.05) is 17.2 Å². The predicted molar refractivity (Wildman–Crippen MR) is 148 cm³/mol. The molecule has 1 saturated carbocycles. The predicted octanol–water partition coefficient (Wildman–Crippen LogP) is 6.04. The molecule has 1 fully saturated rings. The summed E-state index contributed by atoms with van der Waals surface area (Å²) in [6, 6.07) is 13.2. The number of carboxylic acid groups (broad SMARTS) is 1. The van der Waals surface area contributed by atoms with Gasteiger partial charge >= 0.3 is 5.97 Å². The fraction of sp³-hybridized carbons (Fsp3) is 0.357. The zero-order chi connectivity index (χ0) is 27.4. The third-order valence-corrected chi connectivity index (χ3v) is 7.02. The molecule has 1 aliphatic carbocycles. The molecule has 2 aromatic carbocycles. The van der Waals surface area contributed by atoms with Crippen molar-refractivity contribution in [2.75, 3.05) is 19.8 Å². The Morgan fingerprint density at radius 2 is 1.90 bits per heavy atom. The molecule has 39 heavy (non-hydrogen) atoms. The summed E-state index contributed by atoms with van der Waals surface area (Å²) in [5, 5.41) is 9.71. The average Bonchev–Trinajstić information content (AvgIpc) is 3.52. The molecule has 2 aromatic heterocycles. The van der Waals surface area contributed by atoms with E-state index in [0.29, 0.717) is 76.8 Å². The Hall–Kier alpha value is -3.40. The number of benzene rings is 2. The van der Waals surface area contributed by atoms with Crippen molar-refractivity contribution in [1.82, 2.24) is 19.5 Å². The zero-order valence-corrected chi connectivity index (χ0v) is 22.9. The number of fused-ring (bicyclic) bond motifs is 1. The van der Waals surface area contributed by atoms with Gasteiger partial charge in [-0.3, -0.25) is 0 Å². The van der Waals surface area contributed by atoms with Crippen LogP contribution in [0.25, 0.3) is 22.6 Å². The second-order valence-electron chi connectivity index (χ2n) is 9.67. The van der Waals surface area contributed by atoms with Crippen molar-refractivity contribution in [2.24, 2.45) is 0 Å². The maximum Gasteiger partial charge on any atom is 0.329 e. The third-order valence-electron chi connectivity index (χ3n) is 6.40. The van der Waals surface area contributed by atoms with E-state index in [0.717, 1.165) is 18.4 Å². The standard InChI is InChI=1S/C28H28Cl2N4O5/c1-28(10-11-28)39-27-24-26(31-17-32-27)34(15-18-6-4-7-19(29)14-18)25(33-24)20-8-5-9-21(23(20)30)38-13-3-2-12-37-16-22(35)36/h4-9,14,17H,2-3,10-13,15-16H2,1H3,(H,35,36). The first kappa shape index (κ1) is 27.2. The Labute approximate surface area is 235 Å². The lowest BCUT2D eigenvalue weighted by atomic mass is 10.1. The molecule has 1 aliphatic rings. The summed E-state index contributed by atoms with van der Waals surface area (Å²) in [6.45, 7) is 2.96. The molecule has 0 saturated heterocycles. The van der Waals surface area contributed by atoms with Crippen molar-refractivity contribution in [3.05, 3.63) is 64.4 Å². The molecule has 5 rings (SSSR count). The lowest BCUT2D eigenvalue weighted by Gasteiger charge is -2.13. The van der Waals surface area contributed by atoms with Gasteiger partial charge < -0.3 is 23.9 Å². The Kier molecular flexibility index (Phi) is 8.20. The number of hydrogen-bond donors (Lipinski definition) is 1. The highest BCUT2D eigenvalue weighted by Crippen LogP contribution is 2.42.